The van der Waals surface area contributed by atoms with E-state index < -0.39 is 0 Å². The third kappa shape index (κ3) is 2.67. The van der Waals surface area contributed by atoms with E-state index in [0.29, 0.717) is 17.2 Å². The number of benzene rings is 1. The molecular formula is C16H17N3O2. The predicted octanol–water partition coefficient (Wildman–Crippen LogP) is 2.87. The van der Waals surface area contributed by atoms with Crippen molar-refractivity contribution in [1.82, 2.24) is 4.98 Å². The van der Waals surface area contributed by atoms with Crippen LogP contribution < -0.4 is 15.2 Å². The zero-order chi connectivity index (χ0) is 15.0. The zero-order valence-electron chi connectivity index (χ0n) is 12.0. The first-order chi connectivity index (χ1) is 9.94. The van der Waals surface area contributed by atoms with Crippen LogP contribution in [0.4, 0.5) is 0 Å². The Morgan fingerprint density at radius 2 is 2.14 bits per heavy atom. The molecule has 0 spiro atoms. The van der Waals surface area contributed by atoms with Gasteiger partial charge in [-0.15, -0.1) is 0 Å². The van der Waals surface area contributed by atoms with E-state index in [1.54, 1.807) is 18.3 Å². The Kier molecular flexibility index (Phi) is 3.05. The molecule has 0 saturated heterocycles. The Balaban J connectivity index is 1.87. The average Bonchev–Trinajstić information content (AvgIpc) is 2.74. The summed E-state index contributed by atoms with van der Waals surface area (Å²) in [5.74, 6) is 1.99. The molecule has 1 aliphatic rings. The summed E-state index contributed by atoms with van der Waals surface area (Å²) in [6, 6.07) is 9.28. The molecule has 0 fully saturated rings. The van der Waals surface area contributed by atoms with Crippen LogP contribution in [0.2, 0.25) is 0 Å². The molecule has 2 aromatic rings. The third-order valence-corrected chi connectivity index (χ3v) is 3.30. The molecular weight excluding hydrogens is 266 g/mol. The van der Waals surface area contributed by atoms with Gasteiger partial charge in [-0.05, 0) is 32.0 Å². The highest BCUT2D eigenvalue weighted by molar-refractivity contribution is 5.92. The van der Waals surface area contributed by atoms with Crippen molar-refractivity contribution in [1.29, 1.82) is 5.41 Å². The fraction of sp³-hybridized carbons (Fsp3) is 0.250. The topological polar surface area (TPSA) is 81.2 Å². The smallest absolute Gasteiger partial charge is 0.169 e. The summed E-state index contributed by atoms with van der Waals surface area (Å²) in [7, 11) is 0. The number of nitrogen functional groups attached to an aromatic ring is 1. The molecule has 1 aromatic heterocycles. The lowest BCUT2D eigenvalue weighted by Gasteiger charge is -2.18. The summed E-state index contributed by atoms with van der Waals surface area (Å²) < 4.78 is 11.8. The molecule has 0 bridgehead atoms. The zero-order valence-corrected chi connectivity index (χ0v) is 12.0. The van der Waals surface area contributed by atoms with Crippen molar-refractivity contribution in [2.75, 3.05) is 0 Å². The predicted molar refractivity (Wildman–Crippen MR) is 80.2 cm³/mol. The standard InChI is InChI=1S/C16H17N3O2/c1-16(2)8-10-4-3-5-13(14(10)21-16)20-11-6-7-12(15(17)18)19-9-11/h3-7,9H,8H2,1-2H3,(H3,17,18). The number of hydrogen-bond acceptors (Lipinski definition) is 4. The van der Waals surface area contributed by atoms with Gasteiger partial charge in [0.2, 0.25) is 0 Å². The van der Waals surface area contributed by atoms with Gasteiger partial charge in [0.15, 0.2) is 11.5 Å². The first-order valence-corrected chi connectivity index (χ1v) is 6.74. The second kappa shape index (κ2) is 4.77. The Morgan fingerprint density at radius 3 is 2.81 bits per heavy atom. The first kappa shape index (κ1) is 13.4. The SMILES string of the molecule is CC1(C)Cc2cccc(Oc3ccc(C(=N)N)nc3)c2O1. The first-order valence-electron chi connectivity index (χ1n) is 6.74. The number of fused-ring (bicyclic) bond motifs is 1. The van der Waals surface area contributed by atoms with Crippen LogP contribution in [0.5, 0.6) is 17.2 Å². The largest absolute Gasteiger partial charge is 0.483 e. The van der Waals surface area contributed by atoms with Gasteiger partial charge in [0.05, 0.1) is 6.20 Å². The number of nitrogens with zero attached hydrogens (tertiary/aromatic N) is 1. The number of amidine groups is 1. The molecule has 0 radical (unpaired) electrons. The van der Waals surface area contributed by atoms with Crippen molar-refractivity contribution in [2.45, 2.75) is 25.9 Å². The van der Waals surface area contributed by atoms with Crippen LogP contribution >= 0.6 is 0 Å². The van der Waals surface area contributed by atoms with E-state index in [-0.39, 0.29) is 11.4 Å². The summed E-state index contributed by atoms with van der Waals surface area (Å²) in [6.45, 7) is 4.11. The van der Waals surface area contributed by atoms with E-state index in [9.17, 15) is 0 Å². The molecule has 1 aliphatic heterocycles. The number of pyridine rings is 1. The second-order valence-electron chi connectivity index (χ2n) is 5.68. The molecule has 0 aliphatic carbocycles. The van der Waals surface area contributed by atoms with Crippen molar-refractivity contribution in [3.63, 3.8) is 0 Å². The molecule has 21 heavy (non-hydrogen) atoms. The van der Waals surface area contributed by atoms with Crippen LogP contribution in [0.25, 0.3) is 0 Å². The molecule has 5 heteroatoms. The van der Waals surface area contributed by atoms with Crippen LogP contribution in [0.1, 0.15) is 25.1 Å². The van der Waals surface area contributed by atoms with Gasteiger partial charge < -0.3 is 15.2 Å². The Labute approximate surface area is 123 Å². The highest BCUT2D eigenvalue weighted by Gasteiger charge is 2.32. The molecule has 0 unspecified atom stereocenters. The van der Waals surface area contributed by atoms with Gasteiger partial charge in [-0.25, -0.2) is 4.98 Å². The van der Waals surface area contributed by atoms with Gasteiger partial charge in [-0.2, -0.15) is 0 Å². The maximum atomic E-state index is 7.33. The minimum Gasteiger partial charge on any atom is -0.483 e. The fourth-order valence-electron chi connectivity index (χ4n) is 2.39. The Hall–Kier alpha value is -2.56. The van der Waals surface area contributed by atoms with Crippen molar-refractivity contribution in [3.05, 3.63) is 47.8 Å². The van der Waals surface area contributed by atoms with Gasteiger partial charge in [0.25, 0.3) is 0 Å². The Bertz CT molecular complexity index is 693. The van der Waals surface area contributed by atoms with E-state index in [2.05, 4.69) is 18.8 Å². The van der Waals surface area contributed by atoms with E-state index >= 15 is 0 Å². The average molecular weight is 283 g/mol. The molecule has 3 rings (SSSR count). The number of para-hydroxylation sites is 1. The quantitative estimate of drug-likeness (QED) is 0.670. The van der Waals surface area contributed by atoms with Gasteiger partial charge >= 0.3 is 0 Å². The van der Waals surface area contributed by atoms with Gasteiger partial charge in [0.1, 0.15) is 22.9 Å². The summed E-state index contributed by atoms with van der Waals surface area (Å²) in [5, 5.41) is 7.33. The van der Waals surface area contributed by atoms with Crippen molar-refractivity contribution >= 4 is 5.84 Å². The summed E-state index contributed by atoms with van der Waals surface area (Å²) in [5.41, 5.74) is 6.74. The van der Waals surface area contributed by atoms with E-state index in [1.165, 1.54) is 0 Å². The highest BCUT2D eigenvalue weighted by atomic mass is 16.5. The molecule has 3 N–H and O–H groups in total. The monoisotopic (exact) mass is 283 g/mol. The highest BCUT2D eigenvalue weighted by Crippen LogP contribution is 2.43. The summed E-state index contributed by atoms with van der Waals surface area (Å²) in [4.78, 5) is 4.08. The number of nitrogens with two attached hydrogens (primary N) is 1. The van der Waals surface area contributed by atoms with Gasteiger partial charge in [-0.3, -0.25) is 5.41 Å². The lowest BCUT2D eigenvalue weighted by Crippen LogP contribution is -2.24. The number of ether oxygens (including phenoxy) is 2. The maximum Gasteiger partial charge on any atom is 0.169 e. The van der Waals surface area contributed by atoms with E-state index in [4.69, 9.17) is 20.6 Å². The molecule has 2 heterocycles. The number of nitrogens with one attached hydrogen (secondary N) is 1. The molecule has 0 saturated carbocycles. The van der Waals surface area contributed by atoms with Crippen molar-refractivity contribution in [2.24, 2.45) is 5.73 Å². The van der Waals surface area contributed by atoms with Crippen molar-refractivity contribution < 1.29 is 9.47 Å². The summed E-state index contributed by atoms with van der Waals surface area (Å²) >= 11 is 0. The third-order valence-electron chi connectivity index (χ3n) is 3.30. The van der Waals surface area contributed by atoms with Crippen LogP contribution in [0.3, 0.4) is 0 Å². The molecule has 108 valence electrons. The Morgan fingerprint density at radius 1 is 1.33 bits per heavy atom. The van der Waals surface area contributed by atoms with Crippen LogP contribution in [-0.4, -0.2) is 16.4 Å². The minimum atomic E-state index is -0.210. The lowest BCUT2D eigenvalue weighted by molar-refractivity contribution is 0.135. The van der Waals surface area contributed by atoms with Crippen molar-refractivity contribution in [3.8, 4) is 17.2 Å². The van der Waals surface area contributed by atoms with E-state index in [0.717, 1.165) is 17.7 Å². The molecule has 1 aromatic carbocycles. The lowest BCUT2D eigenvalue weighted by atomic mass is 10.0. The number of rotatable bonds is 3. The summed E-state index contributed by atoms with van der Waals surface area (Å²) in [6.07, 6.45) is 2.41. The maximum absolute atomic E-state index is 7.33. The van der Waals surface area contributed by atoms with Gasteiger partial charge in [0, 0.05) is 12.0 Å². The van der Waals surface area contributed by atoms with Crippen LogP contribution in [-0.2, 0) is 6.42 Å². The van der Waals surface area contributed by atoms with Crippen LogP contribution in [0.15, 0.2) is 36.5 Å². The normalized spacial score (nSPS) is 15.1. The number of aromatic nitrogens is 1. The number of hydrogen-bond donors (Lipinski definition) is 2. The van der Waals surface area contributed by atoms with Gasteiger partial charge in [-0.1, -0.05) is 12.1 Å². The van der Waals surface area contributed by atoms with E-state index in [1.807, 2.05) is 18.2 Å². The second-order valence-corrected chi connectivity index (χ2v) is 5.68. The molecule has 0 atom stereocenters. The fourth-order valence-corrected chi connectivity index (χ4v) is 2.39. The van der Waals surface area contributed by atoms with Crippen LogP contribution in [0, 0.1) is 5.41 Å². The minimum absolute atomic E-state index is 0.0627. The molecule has 0 amide bonds. The molecule has 5 nitrogen and oxygen atoms in total.